The summed E-state index contributed by atoms with van der Waals surface area (Å²) in [5.74, 6) is 0.590. The Morgan fingerprint density at radius 2 is 2.22 bits per heavy atom. The fourth-order valence-electron chi connectivity index (χ4n) is 2.97. The van der Waals surface area contributed by atoms with Crippen molar-refractivity contribution in [2.24, 2.45) is 0 Å². The largest absolute Gasteiger partial charge is 0.359 e. The van der Waals surface area contributed by atoms with Crippen LogP contribution >= 0.6 is 11.7 Å². The van der Waals surface area contributed by atoms with Crippen LogP contribution in [0.25, 0.3) is 11.0 Å². The Labute approximate surface area is 137 Å². The Morgan fingerprint density at radius 1 is 1.35 bits per heavy atom. The van der Waals surface area contributed by atoms with E-state index < -0.39 is 10.0 Å². The van der Waals surface area contributed by atoms with Gasteiger partial charge in [0, 0.05) is 12.6 Å². The molecule has 120 valence electrons. The van der Waals surface area contributed by atoms with Crippen LogP contribution in [0.4, 0.5) is 0 Å². The zero-order chi connectivity index (χ0) is 16.0. The lowest BCUT2D eigenvalue weighted by molar-refractivity contribution is 0.297. The van der Waals surface area contributed by atoms with Crippen LogP contribution in [0.15, 0.2) is 33.7 Å². The third-order valence-corrected chi connectivity index (χ3v) is 6.50. The molecule has 7 nitrogen and oxygen atoms in total. The molecule has 0 spiro atoms. The fraction of sp³-hybridized carbons (Fsp3) is 0.357. The predicted octanol–water partition coefficient (Wildman–Crippen LogP) is 2.51. The molecule has 0 unspecified atom stereocenters. The summed E-state index contributed by atoms with van der Waals surface area (Å²) in [5.41, 5.74) is 1.77. The summed E-state index contributed by atoms with van der Waals surface area (Å²) < 4.78 is 41.3. The Hall–Kier alpha value is -1.84. The summed E-state index contributed by atoms with van der Waals surface area (Å²) >= 11 is 1.01. The van der Waals surface area contributed by atoms with Crippen molar-refractivity contribution in [2.45, 2.75) is 30.7 Å². The van der Waals surface area contributed by atoms with E-state index >= 15 is 0 Å². The molecule has 0 aliphatic carbocycles. The summed E-state index contributed by atoms with van der Waals surface area (Å²) in [7, 11) is -3.67. The molecule has 3 heterocycles. The smallest absolute Gasteiger partial charge is 0.246 e. The second kappa shape index (κ2) is 5.36. The molecule has 0 N–H and O–H groups in total. The Balaban J connectivity index is 1.80. The van der Waals surface area contributed by atoms with Crippen molar-refractivity contribution in [3.05, 3.63) is 35.7 Å². The molecule has 2 aromatic heterocycles. The molecule has 1 aromatic carbocycles. The highest BCUT2D eigenvalue weighted by molar-refractivity contribution is 7.89. The van der Waals surface area contributed by atoms with Crippen molar-refractivity contribution in [1.82, 2.24) is 18.2 Å². The minimum absolute atomic E-state index is 0.201. The number of sulfonamides is 1. The van der Waals surface area contributed by atoms with Gasteiger partial charge in [0.1, 0.15) is 15.9 Å². The minimum Gasteiger partial charge on any atom is -0.359 e. The highest BCUT2D eigenvalue weighted by atomic mass is 32.2. The molecule has 0 amide bonds. The molecule has 1 saturated heterocycles. The Kier molecular flexibility index (Phi) is 3.43. The number of hydrogen-bond donors (Lipinski definition) is 0. The second-order valence-corrected chi connectivity index (χ2v) is 7.92. The first-order valence-corrected chi connectivity index (χ1v) is 9.41. The van der Waals surface area contributed by atoms with Crippen LogP contribution in [0, 0.1) is 6.92 Å². The van der Waals surface area contributed by atoms with Gasteiger partial charge in [0.05, 0.1) is 23.5 Å². The van der Waals surface area contributed by atoms with Crippen LogP contribution in [0.3, 0.4) is 0 Å². The van der Waals surface area contributed by atoms with E-state index in [1.54, 1.807) is 24.3 Å². The Morgan fingerprint density at radius 3 is 3.00 bits per heavy atom. The number of hydrogen-bond acceptors (Lipinski definition) is 7. The van der Waals surface area contributed by atoms with Crippen LogP contribution in [-0.4, -0.2) is 33.2 Å². The van der Waals surface area contributed by atoms with Crippen molar-refractivity contribution in [1.29, 1.82) is 0 Å². The van der Waals surface area contributed by atoms with Gasteiger partial charge in [0.25, 0.3) is 0 Å². The third kappa shape index (κ3) is 2.35. The van der Waals surface area contributed by atoms with Gasteiger partial charge in [-0.1, -0.05) is 11.2 Å². The van der Waals surface area contributed by atoms with Gasteiger partial charge in [-0.15, -0.1) is 0 Å². The second-order valence-electron chi connectivity index (χ2n) is 5.53. The summed E-state index contributed by atoms with van der Waals surface area (Å²) in [5, 5.41) is 3.87. The summed E-state index contributed by atoms with van der Waals surface area (Å²) in [6.07, 6.45) is 1.51. The van der Waals surface area contributed by atoms with E-state index in [0.29, 0.717) is 23.3 Å². The van der Waals surface area contributed by atoms with Gasteiger partial charge in [0.2, 0.25) is 10.0 Å². The number of rotatable bonds is 3. The summed E-state index contributed by atoms with van der Waals surface area (Å²) in [6, 6.07) is 6.52. The first-order chi connectivity index (χ1) is 11.1. The van der Waals surface area contributed by atoms with E-state index in [1.807, 2.05) is 6.92 Å². The molecule has 1 fully saturated rings. The van der Waals surface area contributed by atoms with Gasteiger partial charge in [-0.25, -0.2) is 8.42 Å². The number of nitrogens with zero attached hydrogens (tertiary/aromatic N) is 4. The van der Waals surface area contributed by atoms with Crippen LogP contribution in [0.1, 0.15) is 30.3 Å². The molecule has 1 atom stereocenters. The number of aromatic nitrogens is 3. The number of benzene rings is 1. The van der Waals surface area contributed by atoms with Gasteiger partial charge in [-0.05, 0) is 31.9 Å². The van der Waals surface area contributed by atoms with Crippen molar-refractivity contribution >= 4 is 32.8 Å². The molecular formula is C14H14N4O3S2. The molecule has 1 aliphatic rings. The quantitative estimate of drug-likeness (QED) is 0.721. The first kappa shape index (κ1) is 14.7. The molecule has 0 radical (unpaired) electrons. The summed E-state index contributed by atoms with van der Waals surface area (Å²) in [4.78, 5) is 0.201. The average molecular weight is 350 g/mol. The van der Waals surface area contributed by atoms with Gasteiger partial charge in [-0.3, -0.25) is 0 Å². The van der Waals surface area contributed by atoms with E-state index in [2.05, 4.69) is 13.9 Å². The topological polar surface area (TPSA) is 89.2 Å². The van der Waals surface area contributed by atoms with Crippen LogP contribution in [0.5, 0.6) is 0 Å². The van der Waals surface area contributed by atoms with Crippen LogP contribution in [-0.2, 0) is 10.0 Å². The predicted molar refractivity (Wildman–Crippen MR) is 84.5 cm³/mol. The lowest BCUT2D eigenvalue weighted by Crippen LogP contribution is -2.30. The molecule has 9 heteroatoms. The molecule has 4 rings (SSSR count). The molecule has 0 saturated carbocycles. The molecular weight excluding hydrogens is 336 g/mol. The maximum absolute atomic E-state index is 13.1. The summed E-state index contributed by atoms with van der Waals surface area (Å²) in [6.45, 7) is 2.28. The van der Waals surface area contributed by atoms with Gasteiger partial charge < -0.3 is 4.52 Å². The highest BCUT2D eigenvalue weighted by Gasteiger charge is 2.39. The molecule has 3 aromatic rings. The number of fused-ring (bicyclic) bond motifs is 1. The van der Waals surface area contributed by atoms with Crippen LogP contribution in [0.2, 0.25) is 0 Å². The average Bonchev–Trinajstić information content (AvgIpc) is 3.25. The zero-order valence-corrected chi connectivity index (χ0v) is 14.0. The maximum atomic E-state index is 13.1. The highest BCUT2D eigenvalue weighted by Crippen LogP contribution is 2.38. The monoisotopic (exact) mass is 350 g/mol. The Bertz CT molecular complexity index is 963. The third-order valence-electron chi connectivity index (χ3n) is 4.01. The van der Waals surface area contributed by atoms with Crippen molar-refractivity contribution in [3.8, 4) is 0 Å². The van der Waals surface area contributed by atoms with Crippen molar-refractivity contribution in [3.63, 3.8) is 0 Å². The maximum Gasteiger partial charge on any atom is 0.246 e. The van der Waals surface area contributed by atoms with Gasteiger partial charge >= 0.3 is 0 Å². The van der Waals surface area contributed by atoms with Gasteiger partial charge in [-0.2, -0.15) is 13.1 Å². The van der Waals surface area contributed by atoms with Crippen molar-refractivity contribution < 1.29 is 12.9 Å². The lowest BCUT2D eigenvalue weighted by atomic mass is 10.2. The fourth-order valence-corrected chi connectivity index (χ4v) is 5.39. The lowest BCUT2D eigenvalue weighted by Gasteiger charge is -2.22. The normalized spacial score (nSPS) is 19.6. The van der Waals surface area contributed by atoms with E-state index in [4.69, 9.17) is 4.52 Å². The molecule has 0 bridgehead atoms. The van der Waals surface area contributed by atoms with Gasteiger partial charge in [0.15, 0.2) is 5.76 Å². The molecule has 23 heavy (non-hydrogen) atoms. The zero-order valence-electron chi connectivity index (χ0n) is 12.3. The van der Waals surface area contributed by atoms with Crippen LogP contribution < -0.4 is 0 Å². The SMILES string of the molecule is Cc1cc([C@H]2CCCN2S(=O)(=O)c2cccc3nsnc23)on1. The van der Waals surface area contributed by atoms with Crippen molar-refractivity contribution in [2.75, 3.05) is 6.54 Å². The number of aryl methyl sites for hydroxylation is 1. The standard InChI is InChI=1S/C14H14N4O3S2/c1-9-8-12(21-15-9)11-5-3-7-18(11)23(19,20)13-6-2-4-10-14(13)17-22-16-10/h2,4,6,8,11H,3,5,7H2,1H3/t11-/m1/s1. The first-order valence-electron chi connectivity index (χ1n) is 7.24. The van der Waals surface area contributed by atoms with E-state index in [1.165, 1.54) is 4.31 Å². The van der Waals surface area contributed by atoms with E-state index in [9.17, 15) is 8.42 Å². The van der Waals surface area contributed by atoms with E-state index in [0.717, 1.165) is 30.3 Å². The van der Waals surface area contributed by atoms with E-state index in [-0.39, 0.29) is 10.9 Å². The molecule has 1 aliphatic heterocycles. The minimum atomic E-state index is -3.67.